The van der Waals surface area contributed by atoms with Crippen molar-refractivity contribution >= 4 is 0 Å². The van der Waals surface area contributed by atoms with Gasteiger partial charge in [-0.2, -0.15) is 10.4 Å². The van der Waals surface area contributed by atoms with E-state index in [1.165, 1.54) is 6.20 Å². The molecular formula is C11H10N6. The summed E-state index contributed by atoms with van der Waals surface area (Å²) in [7, 11) is 0. The van der Waals surface area contributed by atoms with E-state index in [1.807, 2.05) is 4.68 Å². The lowest BCUT2D eigenvalue weighted by molar-refractivity contribution is 0.469. The van der Waals surface area contributed by atoms with E-state index in [0.29, 0.717) is 11.4 Å². The van der Waals surface area contributed by atoms with Gasteiger partial charge in [-0.05, 0) is 6.07 Å². The highest BCUT2D eigenvalue weighted by molar-refractivity contribution is 5.55. The lowest BCUT2D eigenvalue weighted by Crippen LogP contribution is -2.28. The Morgan fingerprint density at radius 2 is 2.35 bits per heavy atom. The fraction of sp³-hybridized carbons (Fsp3) is 0.273. The molecule has 3 rings (SSSR count). The highest BCUT2D eigenvalue weighted by Crippen LogP contribution is 2.16. The van der Waals surface area contributed by atoms with Crippen LogP contribution in [-0.2, 0) is 13.1 Å². The van der Waals surface area contributed by atoms with Gasteiger partial charge >= 0.3 is 0 Å². The number of nitrogens with one attached hydrogen (secondary N) is 1. The molecule has 1 aliphatic heterocycles. The molecule has 0 aliphatic carbocycles. The van der Waals surface area contributed by atoms with Crippen molar-refractivity contribution < 1.29 is 0 Å². The van der Waals surface area contributed by atoms with Crippen LogP contribution in [0.15, 0.2) is 18.5 Å². The van der Waals surface area contributed by atoms with Gasteiger partial charge in [-0.25, -0.2) is 9.67 Å². The van der Waals surface area contributed by atoms with Crippen molar-refractivity contribution in [2.24, 2.45) is 0 Å². The summed E-state index contributed by atoms with van der Waals surface area (Å²) in [6.45, 7) is 2.47. The molecule has 0 unspecified atom stereocenters. The van der Waals surface area contributed by atoms with Crippen LogP contribution in [0.5, 0.6) is 0 Å². The molecule has 0 radical (unpaired) electrons. The van der Waals surface area contributed by atoms with Crippen LogP contribution in [0, 0.1) is 11.3 Å². The van der Waals surface area contributed by atoms with E-state index in [1.54, 1.807) is 12.3 Å². The summed E-state index contributed by atoms with van der Waals surface area (Å²) in [6.07, 6.45) is 3.21. The zero-order chi connectivity index (χ0) is 11.7. The zero-order valence-corrected chi connectivity index (χ0v) is 9.09. The van der Waals surface area contributed by atoms with Crippen molar-refractivity contribution in [3.8, 4) is 17.5 Å². The van der Waals surface area contributed by atoms with Crippen LogP contribution in [0.1, 0.15) is 11.4 Å². The number of rotatable bonds is 1. The second kappa shape index (κ2) is 3.96. The Kier molecular flexibility index (Phi) is 2.31. The minimum Gasteiger partial charge on any atom is -0.308 e. The molecule has 1 aliphatic rings. The number of nitriles is 1. The van der Waals surface area contributed by atoms with Crippen LogP contribution >= 0.6 is 0 Å². The van der Waals surface area contributed by atoms with E-state index < -0.39 is 0 Å². The predicted molar refractivity (Wildman–Crippen MR) is 59.7 cm³/mol. The van der Waals surface area contributed by atoms with Crippen molar-refractivity contribution in [3.05, 3.63) is 29.8 Å². The topological polar surface area (TPSA) is 79.4 Å². The molecule has 1 N–H and O–H groups in total. The molecule has 17 heavy (non-hydrogen) atoms. The monoisotopic (exact) mass is 226 g/mol. The summed E-state index contributed by atoms with van der Waals surface area (Å²) < 4.78 is 1.89. The van der Waals surface area contributed by atoms with Gasteiger partial charge in [0, 0.05) is 24.5 Å². The smallest absolute Gasteiger partial charge is 0.183 e. The van der Waals surface area contributed by atoms with Gasteiger partial charge in [0.1, 0.15) is 11.9 Å². The van der Waals surface area contributed by atoms with Crippen LogP contribution in [0.25, 0.3) is 11.4 Å². The first kappa shape index (κ1) is 9.93. The standard InChI is InChI=1S/C11H10N6/c12-4-8-3-9(6-14-5-8)11-15-10-7-13-1-2-17(10)16-11/h3,5-6,13H,1-2,7H2. The van der Waals surface area contributed by atoms with Crippen LogP contribution in [0.4, 0.5) is 0 Å². The van der Waals surface area contributed by atoms with Crippen molar-refractivity contribution in [3.63, 3.8) is 0 Å². The average Bonchev–Trinajstić information content (AvgIpc) is 2.82. The Labute approximate surface area is 97.9 Å². The van der Waals surface area contributed by atoms with Gasteiger partial charge in [0.05, 0.1) is 18.7 Å². The fourth-order valence-electron chi connectivity index (χ4n) is 1.82. The van der Waals surface area contributed by atoms with E-state index in [9.17, 15) is 0 Å². The molecule has 0 saturated heterocycles. The maximum absolute atomic E-state index is 8.83. The minimum atomic E-state index is 0.522. The number of nitrogens with zero attached hydrogens (tertiary/aromatic N) is 5. The normalized spacial score (nSPS) is 14.1. The highest BCUT2D eigenvalue weighted by Gasteiger charge is 2.14. The summed E-state index contributed by atoms with van der Waals surface area (Å²) in [4.78, 5) is 8.45. The van der Waals surface area contributed by atoms with E-state index in [0.717, 1.165) is 31.0 Å². The van der Waals surface area contributed by atoms with E-state index in [2.05, 4.69) is 26.5 Å². The van der Waals surface area contributed by atoms with Crippen LogP contribution in [0.3, 0.4) is 0 Å². The van der Waals surface area contributed by atoms with Crippen molar-refractivity contribution in [1.82, 2.24) is 25.1 Å². The molecule has 2 aromatic rings. The Balaban J connectivity index is 2.03. The second-order valence-corrected chi connectivity index (χ2v) is 3.83. The molecule has 2 aromatic heterocycles. The van der Waals surface area contributed by atoms with Gasteiger partial charge in [0.25, 0.3) is 0 Å². The number of fused-ring (bicyclic) bond motifs is 1. The third-order valence-corrected chi connectivity index (χ3v) is 2.66. The average molecular weight is 226 g/mol. The van der Waals surface area contributed by atoms with E-state index in [4.69, 9.17) is 5.26 Å². The fourth-order valence-corrected chi connectivity index (χ4v) is 1.82. The summed E-state index contributed by atoms with van der Waals surface area (Å²) in [5.74, 6) is 1.56. The number of pyridine rings is 1. The Morgan fingerprint density at radius 1 is 1.41 bits per heavy atom. The molecular weight excluding hydrogens is 216 g/mol. The summed E-state index contributed by atoms with van der Waals surface area (Å²) >= 11 is 0. The zero-order valence-electron chi connectivity index (χ0n) is 9.09. The lowest BCUT2D eigenvalue weighted by Gasteiger charge is -2.11. The van der Waals surface area contributed by atoms with Gasteiger partial charge in [0.15, 0.2) is 5.82 Å². The van der Waals surface area contributed by atoms with Crippen LogP contribution < -0.4 is 5.32 Å². The summed E-state index contributed by atoms with van der Waals surface area (Å²) in [6, 6.07) is 3.81. The number of aromatic nitrogens is 4. The third-order valence-electron chi connectivity index (χ3n) is 2.66. The molecule has 0 fully saturated rings. The molecule has 6 heteroatoms. The minimum absolute atomic E-state index is 0.522. The highest BCUT2D eigenvalue weighted by atomic mass is 15.4. The first-order chi connectivity index (χ1) is 8.36. The van der Waals surface area contributed by atoms with E-state index in [-0.39, 0.29) is 0 Å². The lowest BCUT2D eigenvalue weighted by atomic mass is 10.2. The summed E-state index contributed by atoms with van der Waals surface area (Å²) in [5, 5.41) is 16.5. The molecule has 0 atom stereocenters. The largest absolute Gasteiger partial charge is 0.308 e. The summed E-state index contributed by atoms with van der Waals surface area (Å²) in [5.41, 5.74) is 1.30. The predicted octanol–water partition coefficient (Wildman–Crippen LogP) is 0.315. The van der Waals surface area contributed by atoms with Crippen molar-refractivity contribution in [2.45, 2.75) is 13.1 Å². The van der Waals surface area contributed by atoms with Crippen LogP contribution in [-0.4, -0.2) is 26.3 Å². The number of hydrogen-bond acceptors (Lipinski definition) is 5. The molecule has 0 bridgehead atoms. The van der Waals surface area contributed by atoms with E-state index >= 15 is 0 Å². The van der Waals surface area contributed by atoms with Gasteiger partial charge in [-0.1, -0.05) is 0 Å². The van der Waals surface area contributed by atoms with Gasteiger partial charge < -0.3 is 5.32 Å². The van der Waals surface area contributed by atoms with Gasteiger partial charge in [0.2, 0.25) is 0 Å². The van der Waals surface area contributed by atoms with Gasteiger partial charge in [-0.15, -0.1) is 0 Å². The molecule has 0 amide bonds. The second-order valence-electron chi connectivity index (χ2n) is 3.83. The molecule has 6 nitrogen and oxygen atoms in total. The molecule has 0 aromatic carbocycles. The molecule has 0 spiro atoms. The third kappa shape index (κ3) is 1.77. The Hall–Kier alpha value is -2.26. The molecule has 0 saturated carbocycles. The van der Waals surface area contributed by atoms with Crippen LogP contribution in [0.2, 0.25) is 0 Å². The Morgan fingerprint density at radius 3 is 3.18 bits per heavy atom. The van der Waals surface area contributed by atoms with Gasteiger partial charge in [-0.3, -0.25) is 4.98 Å². The maximum Gasteiger partial charge on any atom is 0.183 e. The first-order valence-electron chi connectivity index (χ1n) is 5.37. The van der Waals surface area contributed by atoms with Crippen molar-refractivity contribution in [1.29, 1.82) is 5.26 Å². The number of hydrogen-bond donors (Lipinski definition) is 1. The SMILES string of the molecule is N#Cc1cncc(-c2nc3n(n2)CCNC3)c1. The molecule has 84 valence electrons. The quantitative estimate of drug-likeness (QED) is 0.757. The maximum atomic E-state index is 8.83. The van der Waals surface area contributed by atoms with Crippen molar-refractivity contribution in [2.75, 3.05) is 6.54 Å². The Bertz CT molecular complexity index is 571. The first-order valence-corrected chi connectivity index (χ1v) is 5.37. The molecule has 3 heterocycles.